The van der Waals surface area contributed by atoms with E-state index in [0.717, 1.165) is 22.3 Å². The Kier molecular flexibility index (Phi) is 12.0. The van der Waals surface area contributed by atoms with Gasteiger partial charge in [-0.1, -0.05) is 76.2 Å². The number of rotatable bonds is 11. The van der Waals surface area contributed by atoms with Crippen LogP contribution in [0.4, 0.5) is 18.4 Å². The zero-order valence-corrected chi connectivity index (χ0v) is 32.2. The fourth-order valence-corrected chi connectivity index (χ4v) is 7.32. The summed E-state index contributed by atoms with van der Waals surface area (Å²) >= 11 is 0. The molecule has 4 heterocycles. The maximum absolute atomic E-state index is 14.7. The van der Waals surface area contributed by atoms with Gasteiger partial charge in [0.25, 0.3) is 0 Å². The Balaban J connectivity index is 1.13. The molecule has 4 amide bonds. The number of likely N-dealkylation sites (tertiary alicyclic amines) is 2. The normalized spacial score (nSPS) is 20.6. The highest BCUT2D eigenvalue weighted by Crippen LogP contribution is 2.36. The Morgan fingerprint density at radius 1 is 0.643 bits per heavy atom. The molecule has 0 aliphatic carbocycles. The first-order chi connectivity index (χ1) is 26.8. The first-order valence-corrected chi connectivity index (χ1v) is 18.7. The second-order valence-corrected chi connectivity index (χ2v) is 14.9. The van der Waals surface area contributed by atoms with E-state index < -0.39 is 60.5 Å². The number of nitrogens with zero attached hydrogens (tertiary/aromatic N) is 4. The fraction of sp³-hybridized carbons (Fsp3) is 0.450. The molecule has 2 fully saturated rings. The van der Waals surface area contributed by atoms with Crippen molar-refractivity contribution in [1.29, 1.82) is 0 Å². The fourth-order valence-electron chi connectivity index (χ4n) is 7.32. The van der Waals surface area contributed by atoms with Gasteiger partial charge in [-0.15, -0.1) is 0 Å². The zero-order valence-electron chi connectivity index (χ0n) is 32.2. The molecule has 2 aromatic heterocycles. The Hall–Kier alpha value is -5.80. The number of hydrogen-bond acceptors (Lipinski definition) is 8. The van der Waals surface area contributed by atoms with Crippen LogP contribution >= 0.6 is 0 Å². The lowest BCUT2D eigenvalue weighted by Gasteiger charge is -2.29. The van der Waals surface area contributed by atoms with E-state index in [1.165, 1.54) is 24.0 Å². The van der Waals surface area contributed by atoms with Crippen LogP contribution in [0.1, 0.15) is 64.3 Å². The summed E-state index contributed by atoms with van der Waals surface area (Å²) in [5, 5.41) is 5.15. The second kappa shape index (κ2) is 16.9. The van der Waals surface area contributed by atoms with Crippen molar-refractivity contribution in [3.63, 3.8) is 0 Å². The molecular formula is C40H48F2N8O6. The van der Waals surface area contributed by atoms with Gasteiger partial charge in [0.2, 0.25) is 11.8 Å². The summed E-state index contributed by atoms with van der Waals surface area (Å²) in [6, 6.07) is 12.7. The van der Waals surface area contributed by atoms with Crippen LogP contribution in [0, 0.1) is 11.8 Å². The maximum Gasteiger partial charge on any atom is 0.407 e. The lowest BCUT2D eigenvalue weighted by atomic mass is 10.0. The predicted molar refractivity (Wildman–Crippen MR) is 203 cm³/mol. The van der Waals surface area contributed by atoms with Crippen LogP contribution in [0.25, 0.3) is 33.6 Å². The van der Waals surface area contributed by atoms with Crippen LogP contribution in [0.2, 0.25) is 0 Å². The molecule has 2 aromatic carbocycles. The number of methoxy groups -OCH3 is 2. The Bertz CT molecular complexity index is 1870. The quantitative estimate of drug-likeness (QED) is 0.141. The zero-order chi connectivity index (χ0) is 40.3. The number of ether oxygens (including phenoxy) is 2. The Morgan fingerprint density at radius 2 is 0.982 bits per heavy atom. The van der Waals surface area contributed by atoms with Crippen LogP contribution in [-0.2, 0) is 19.1 Å². The Morgan fingerprint density at radius 3 is 1.30 bits per heavy atom. The standard InChI is InChI=1S/C40H48F2N8O6/c1-21(2)33(47-39(53)55-5)37(51)49-19-27(41)15-31(49)35-43-17-29(45-35)25-11-7-23(8-12-25)24-9-13-26(14-10-24)30-18-44-36(46-30)32-16-28(42)20-50(32)38(52)34(22(3)4)48-40(54)56-6/h7-14,17-18,21-22,27-28,31-34H,15-16,19-20H2,1-6H3,(H,43,45)(H,44,46)(H,47,53)(H,48,54)/t27-,28-,31-,32-,33-,34?/m0/s1. The molecule has 4 N–H and O–H groups in total. The van der Waals surface area contributed by atoms with E-state index in [1.807, 2.05) is 48.5 Å². The number of alkyl halides is 2. The van der Waals surface area contributed by atoms with E-state index in [9.17, 15) is 28.0 Å². The van der Waals surface area contributed by atoms with E-state index in [-0.39, 0.29) is 37.8 Å². The molecule has 14 nitrogen and oxygen atoms in total. The van der Waals surface area contributed by atoms with Crippen LogP contribution in [0.5, 0.6) is 0 Å². The smallest absolute Gasteiger partial charge is 0.407 e. The van der Waals surface area contributed by atoms with Gasteiger partial charge >= 0.3 is 12.2 Å². The van der Waals surface area contributed by atoms with Crippen molar-refractivity contribution in [3.05, 3.63) is 72.6 Å². The molecule has 2 saturated heterocycles. The first-order valence-electron chi connectivity index (χ1n) is 18.7. The minimum absolute atomic E-state index is 0.0855. The number of aromatic amines is 2. The number of halogens is 2. The molecule has 0 radical (unpaired) electrons. The minimum Gasteiger partial charge on any atom is -0.453 e. The molecule has 6 atom stereocenters. The highest BCUT2D eigenvalue weighted by Gasteiger charge is 2.43. The molecule has 4 aromatic rings. The third-order valence-corrected chi connectivity index (χ3v) is 10.4. The van der Waals surface area contributed by atoms with E-state index in [4.69, 9.17) is 9.47 Å². The number of carbonyl (C=O) groups is 4. The van der Waals surface area contributed by atoms with Gasteiger partial charge in [0.15, 0.2) is 0 Å². The van der Waals surface area contributed by atoms with E-state index in [0.29, 0.717) is 23.0 Å². The van der Waals surface area contributed by atoms with E-state index >= 15 is 0 Å². The molecule has 1 unspecified atom stereocenters. The van der Waals surface area contributed by atoms with Gasteiger partial charge in [-0.25, -0.2) is 28.3 Å². The molecule has 0 spiro atoms. The van der Waals surface area contributed by atoms with Gasteiger partial charge in [0.05, 0.1) is 63.2 Å². The average Bonchev–Trinajstić information content (AvgIpc) is 4.02. The van der Waals surface area contributed by atoms with Crippen LogP contribution in [0.3, 0.4) is 0 Å². The molecule has 0 bridgehead atoms. The molecule has 56 heavy (non-hydrogen) atoms. The van der Waals surface area contributed by atoms with Crippen molar-refractivity contribution in [2.24, 2.45) is 11.8 Å². The molecule has 2 aliphatic rings. The van der Waals surface area contributed by atoms with Crippen LogP contribution in [0.15, 0.2) is 60.9 Å². The molecule has 2 aliphatic heterocycles. The second-order valence-electron chi connectivity index (χ2n) is 14.9. The van der Waals surface area contributed by atoms with Gasteiger partial charge in [0, 0.05) is 12.8 Å². The maximum atomic E-state index is 14.7. The lowest BCUT2D eigenvalue weighted by Crippen LogP contribution is -2.51. The third kappa shape index (κ3) is 8.53. The molecule has 0 saturated carbocycles. The number of hydrogen-bond donors (Lipinski definition) is 4. The molecule has 6 rings (SSSR count). The van der Waals surface area contributed by atoms with Crippen molar-refractivity contribution in [2.45, 2.75) is 77.0 Å². The minimum atomic E-state index is -1.23. The topological polar surface area (TPSA) is 175 Å². The van der Waals surface area contributed by atoms with E-state index in [2.05, 4.69) is 30.6 Å². The first kappa shape index (κ1) is 39.9. The summed E-state index contributed by atoms with van der Waals surface area (Å²) in [7, 11) is 2.44. The lowest BCUT2D eigenvalue weighted by molar-refractivity contribution is -0.136. The van der Waals surface area contributed by atoms with Gasteiger partial charge < -0.3 is 39.9 Å². The average molecular weight is 775 g/mol. The number of aromatic nitrogens is 4. The SMILES string of the molecule is COC(=O)NC(C(=O)N1C[C@@H](F)C[C@H]1c1ncc(-c2ccc(-c3ccc(-c4cnc([C@@H]5C[C@H](F)CN5C(=O)[C@@H](NC(=O)OC)C(C)C)[nH]4)cc3)cc2)[nH]1)C(C)C. The largest absolute Gasteiger partial charge is 0.453 e. The summed E-state index contributed by atoms with van der Waals surface area (Å²) < 4.78 is 38.8. The summed E-state index contributed by atoms with van der Waals surface area (Å²) in [5.41, 5.74) is 5.05. The number of imidazole rings is 2. The van der Waals surface area contributed by atoms with Gasteiger partial charge in [-0.3, -0.25) is 9.59 Å². The molecular weight excluding hydrogens is 726 g/mol. The monoisotopic (exact) mass is 774 g/mol. The van der Waals surface area contributed by atoms with Crippen molar-refractivity contribution < 1.29 is 37.4 Å². The highest BCUT2D eigenvalue weighted by molar-refractivity contribution is 5.87. The third-order valence-electron chi connectivity index (χ3n) is 10.4. The summed E-state index contributed by atoms with van der Waals surface area (Å²) in [6.45, 7) is 6.99. The molecule has 16 heteroatoms. The number of amides is 4. The number of nitrogens with one attached hydrogen (secondary N) is 4. The summed E-state index contributed by atoms with van der Waals surface area (Å²) in [4.78, 5) is 69.3. The van der Waals surface area contributed by atoms with Crippen LogP contribution in [-0.4, -0.2) is 105 Å². The Labute approximate surface area is 323 Å². The predicted octanol–water partition coefficient (Wildman–Crippen LogP) is 6.12. The van der Waals surface area contributed by atoms with Crippen molar-refractivity contribution in [1.82, 2.24) is 40.4 Å². The van der Waals surface area contributed by atoms with Gasteiger partial charge in [0.1, 0.15) is 36.1 Å². The number of alkyl carbamates (subject to hydrolysis) is 2. The van der Waals surface area contributed by atoms with E-state index in [1.54, 1.807) is 40.1 Å². The van der Waals surface area contributed by atoms with Crippen molar-refractivity contribution in [2.75, 3.05) is 27.3 Å². The number of H-pyrrole nitrogens is 2. The van der Waals surface area contributed by atoms with Crippen molar-refractivity contribution in [3.8, 4) is 33.6 Å². The molecule has 298 valence electrons. The van der Waals surface area contributed by atoms with Crippen LogP contribution < -0.4 is 10.6 Å². The highest BCUT2D eigenvalue weighted by atomic mass is 19.1. The van der Waals surface area contributed by atoms with Crippen molar-refractivity contribution >= 4 is 24.0 Å². The van der Waals surface area contributed by atoms with Gasteiger partial charge in [-0.2, -0.15) is 0 Å². The number of carbonyl (C=O) groups excluding carboxylic acids is 4. The number of benzene rings is 2. The van der Waals surface area contributed by atoms with Gasteiger partial charge in [-0.05, 0) is 34.1 Å². The summed E-state index contributed by atoms with van der Waals surface area (Å²) in [6.07, 6.45) is -0.435. The summed E-state index contributed by atoms with van der Waals surface area (Å²) in [5.74, 6) is -0.369.